The summed E-state index contributed by atoms with van der Waals surface area (Å²) < 4.78 is 10.4. The quantitative estimate of drug-likeness (QED) is 0.138. The molecule has 32 heavy (non-hydrogen) atoms. The van der Waals surface area contributed by atoms with E-state index in [0.29, 0.717) is 27.1 Å². The Kier molecular flexibility index (Phi) is 6.61. The van der Waals surface area contributed by atoms with E-state index in [4.69, 9.17) is 20.8 Å². The van der Waals surface area contributed by atoms with Crippen molar-refractivity contribution in [3.63, 3.8) is 0 Å². The summed E-state index contributed by atoms with van der Waals surface area (Å²) in [6.07, 6.45) is 6.09. The number of halogens is 1. The molecule has 0 saturated heterocycles. The van der Waals surface area contributed by atoms with Gasteiger partial charge in [-0.25, -0.2) is 9.78 Å². The zero-order valence-electron chi connectivity index (χ0n) is 16.6. The molecule has 2 heterocycles. The molecule has 0 bridgehead atoms. The van der Waals surface area contributed by atoms with Crippen LogP contribution < -0.4 is 4.74 Å². The van der Waals surface area contributed by atoms with Crippen LogP contribution in [0.1, 0.15) is 16.3 Å². The van der Waals surface area contributed by atoms with Crippen molar-refractivity contribution in [2.45, 2.75) is 0 Å². The van der Waals surface area contributed by atoms with Gasteiger partial charge in [0.2, 0.25) is 0 Å². The predicted molar refractivity (Wildman–Crippen MR) is 126 cm³/mol. The van der Waals surface area contributed by atoms with Gasteiger partial charge in [0.05, 0.1) is 17.5 Å². The zero-order valence-corrected chi connectivity index (χ0v) is 18.1. The van der Waals surface area contributed by atoms with Gasteiger partial charge in [-0.15, -0.1) is 11.3 Å². The lowest BCUT2D eigenvalue weighted by atomic mass is 10.1. The molecule has 0 atom stereocenters. The Bertz CT molecular complexity index is 1310. The van der Waals surface area contributed by atoms with E-state index in [0.717, 1.165) is 16.8 Å². The minimum Gasteiger partial charge on any atom is -0.465 e. The van der Waals surface area contributed by atoms with Crippen molar-refractivity contribution < 1.29 is 13.9 Å². The van der Waals surface area contributed by atoms with Gasteiger partial charge in [0.15, 0.2) is 0 Å². The highest BCUT2D eigenvalue weighted by Crippen LogP contribution is 2.28. The molecule has 0 amide bonds. The van der Waals surface area contributed by atoms with Crippen LogP contribution in [-0.4, -0.2) is 11.0 Å². The summed E-state index contributed by atoms with van der Waals surface area (Å²) in [7, 11) is 0. The van der Waals surface area contributed by atoms with Gasteiger partial charge in [0, 0.05) is 22.0 Å². The summed E-state index contributed by atoms with van der Waals surface area (Å²) in [5, 5.41) is 12.8. The summed E-state index contributed by atoms with van der Waals surface area (Å²) in [6.45, 7) is 0. The van der Waals surface area contributed by atoms with E-state index in [1.165, 1.54) is 29.8 Å². The van der Waals surface area contributed by atoms with Crippen molar-refractivity contribution in [1.29, 1.82) is 5.26 Å². The first-order valence-electron chi connectivity index (χ1n) is 9.48. The molecular formula is C25H15ClN2O3S. The predicted octanol–water partition coefficient (Wildman–Crippen LogP) is 6.74. The number of hydrogen-bond donors (Lipinski definition) is 0. The molecule has 0 fully saturated rings. The van der Waals surface area contributed by atoms with Gasteiger partial charge in [0.1, 0.15) is 22.6 Å². The monoisotopic (exact) mass is 458 g/mol. The van der Waals surface area contributed by atoms with E-state index < -0.39 is 5.97 Å². The molecule has 0 saturated carbocycles. The van der Waals surface area contributed by atoms with Crippen molar-refractivity contribution in [3.8, 4) is 23.1 Å². The van der Waals surface area contributed by atoms with Crippen LogP contribution in [0.2, 0.25) is 5.02 Å². The van der Waals surface area contributed by atoms with Crippen LogP contribution in [0.3, 0.4) is 0 Å². The minimum atomic E-state index is -0.514. The van der Waals surface area contributed by atoms with Gasteiger partial charge in [-0.3, -0.25) is 0 Å². The highest BCUT2D eigenvalue weighted by molar-refractivity contribution is 7.11. The number of carbonyl (C=O) groups excluding carboxylic acids is 1. The molecule has 0 N–H and O–H groups in total. The summed E-state index contributed by atoms with van der Waals surface area (Å²) >= 11 is 7.34. The number of ether oxygens (including phenoxy) is 1. The fourth-order valence-corrected chi connectivity index (χ4v) is 3.70. The topological polar surface area (TPSA) is 76.1 Å². The van der Waals surface area contributed by atoms with Crippen molar-refractivity contribution in [2.75, 3.05) is 0 Å². The number of rotatable bonds is 6. The summed E-state index contributed by atoms with van der Waals surface area (Å²) in [5.74, 6) is 0.446. The van der Waals surface area contributed by atoms with Crippen molar-refractivity contribution in [2.24, 2.45) is 0 Å². The molecule has 2 aromatic heterocycles. The van der Waals surface area contributed by atoms with E-state index in [1.54, 1.807) is 54.6 Å². The normalized spacial score (nSPS) is 11.4. The van der Waals surface area contributed by atoms with Crippen LogP contribution in [-0.2, 0) is 4.79 Å². The van der Waals surface area contributed by atoms with Crippen LogP contribution >= 0.6 is 22.9 Å². The van der Waals surface area contributed by atoms with E-state index >= 15 is 0 Å². The standard InChI is InChI=1S/C25H15ClN2O3S/c26-20-7-5-18(6-8-20)23-16-32-25(28-23)19(15-27)14-17-3-9-22(10-4-17)31-24(29)12-11-21-2-1-13-30-21/h1-14,16H/b12-11+,19-14+. The minimum absolute atomic E-state index is 0.397. The van der Waals surface area contributed by atoms with Gasteiger partial charge in [-0.05, 0) is 54.1 Å². The van der Waals surface area contributed by atoms with Gasteiger partial charge >= 0.3 is 5.97 Å². The Labute approximate surface area is 193 Å². The van der Waals surface area contributed by atoms with Gasteiger partial charge in [0.25, 0.3) is 0 Å². The summed E-state index contributed by atoms with van der Waals surface area (Å²) in [6, 6.07) is 19.9. The second kappa shape index (κ2) is 9.92. The average molecular weight is 459 g/mol. The molecular weight excluding hydrogens is 444 g/mol. The fourth-order valence-electron chi connectivity index (χ4n) is 2.78. The first-order chi connectivity index (χ1) is 15.6. The number of hydrogen-bond acceptors (Lipinski definition) is 6. The highest BCUT2D eigenvalue weighted by atomic mass is 35.5. The molecule has 0 aliphatic rings. The molecule has 2 aromatic carbocycles. The SMILES string of the molecule is N#C/C(=C\c1ccc(OC(=O)/C=C/c2ccco2)cc1)c1nc(-c2ccc(Cl)cc2)cs1. The first-order valence-corrected chi connectivity index (χ1v) is 10.7. The Morgan fingerprint density at radius 3 is 2.59 bits per heavy atom. The first kappa shape index (κ1) is 21.3. The molecule has 0 aliphatic carbocycles. The highest BCUT2D eigenvalue weighted by Gasteiger charge is 2.09. The summed E-state index contributed by atoms with van der Waals surface area (Å²) in [5.41, 5.74) is 2.95. The number of esters is 1. The second-order valence-corrected chi connectivity index (χ2v) is 7.85. The van der Waals surface area contributed by atoms with E-state index in [1.807, 2.05) is 17.5 Å². The largest absolute Gasteiger partial charge is 0.465 e. The zero-order chi connectivity index (χ0) is 22.3. The third-order valence-corrected chi connectivity index (χ3v) is 5.46. The third-order valence-electron chi connectivity index (χ3n) is 4.33. The van der Waals surface area contributed by atoms with E-state index in [9.17, 15) is 10.1 Å². The lowest BCUT2D eigenvalue weighted by Gasteiger charge is -2.02. The molecule has 156 valence electrons. The van der Waals surface area contributed by atoms with Gasteiger partial charge in [-0.2, -0.15) is 5.26 Å². The van der Waals surface area contributed by atoms with Crippen LogP contribution in [0.25, 0.3) is 29.0 Å². The van der Waals surface area contributed by atoms with Gasteiger partial charge in [-0.1, -0.05) is 35.9 Å². The smallest absolute Gasteiger partial charge is 0.336 e. The van der Waals surface area contributed by atoms with Crippen molar-refractivity contribution in [3.05, 3.63) is 99.7 Å². The number of benzene rings is 2. The maximum absolute atomic E-state index is 11.9. The lowest BCUT2D eigenvalue weighted by molar-refractivity contribution is -0.128. The van der Waals surface area contributed by atoms with Crippen molar-refractivity contribution in [1.82, 2.24) is 4.98 Å². The average Bonchev–Trinajstić information content (AvgIpc) is 3.50. The Morgan fingerprint density at radius 2 is 1.91 bits per heavy atom. The van der Waals surface area contributed by atoms with E-state index in [2.05, 4.69) is 11.1 Å². The number of aromatic nitrogens is 1. The second-order valence-electron chi connectivity index (χ2n) is 6.55. The number of nitrogens with zero attached hydrogens (tertiary/aromatic N) is 2. The maximum Gasteiger partial charge on any atom is 0.336 e. The Morgan fingerprint density at radius 1 is 1.12 bits per heavy atom. The van der Waals surface area contributed by atoms with E-state index in [-0.39, 0.29) is 0 Å². The molecule has 0 aliphatic heterocycles. The maximum atomic E-state index is 11.9. The van der Waals surface area contributed by atoms with Gasteiger partial charge < -0.3 is 9.15 Å². The Balaban J connectivity index is 1.45. The summed E-state index contributed by atoms with van der Waals surface area (Å²) in [4.78, 5) is 16.5. The van der Waals surface area contributed by atoms with Crippen LogP contribution in [0.4, 0.5) is 0 Å². The molecule has 0 radical (unpaired) electrons. The number of nitriles is 1. The molecule has 0 unspecified atom stereocenters. The molecule has 0 spiro atoms. The Hall–Kier alpha value is -3.92. The number of furan rings is 1. The van der Waals surface area contributed by atoms with Crippen LogP contribution in [0.5, 0.6) is 5.75 Å². The van der Waals surface area contributed by atoms with Crippen molar-refractivity contribution >= 4 is 46.6 Å². The number of carbonyl (C=O) groups is 1. The number of thiazole rings is 1. The molecule has 5 nitrogen and oxygen atoms in total. The molecule has 4 aromatic rings. The van der Waals surface area contributed by atoms with Crippen LogP contribution in [0, 0.1) is 11.3 Å². The molecule has 4 rings (SSSR count). The third kappa shape index (κ3) is 5.41. The number of allylic oxidation sites excluding steroid dienone is 1. The lowest BCUT2D eigenvalue weighted by Crippen LogP contribution is -2.03. The molecule has 7 heteroatoms. The fraction of sp³-hybridized carbons (Fsp3) is 0. The van der Waals surface area contributed by atoms with Crippen LogP contribution in [0.15, 0.2) is 82.8 Å².